The maximum Gasteiger partial charge on any atom is 0.174 e. The summed E-state index contributed by atoms with van der Waals surface area (Å²) in [6, 6.07) is 9.79. The molecule has 1 unspecified atom stereocenters. The van der Waals surface area contributed by atoms with E-state index in [1.54, 1.807) is 6.08 Å². The lowest BCUT2D eigenvalue weighted by molar-refractivity contribution is -0.0581. The SMILES string of the molecule is CCOC(O)C=Cc1ccccc1. The van der Waals surface area contributed by atoms with Crippen LogP contribution in [0.5, 0.6) is 0 Å². The molecule has 0 aliphatic rings. The molecule has 1 aromatic rings. The van der Waals surface area contributed by atoms with Gasteiger partial charge in [-0.1, -0.05) is 36.4 Å². The van der Waals surface area contributed by atoms with Crippen LogP contribution >= 0.6 is 0 Å². The fraction of sp³-hybridized carbons (Fsp3) is 0.273. The Hall–Kier alpha value is -1.12. The molecule has 0 radical (unpaired) electrons. The van der Waals surface area contributed by atoms with Gasteiger partial charge in [-0.2, -0.15) is 0 Å². The number of aliphatic hydroxyl groups excluding tert-OH is 1. The van der Waals surface area contributed by atoms with Gasteiger partial charge in [0.1, 0.15) is 0 Å². The highest BCUT2D eigenvalue weighted by atomic mass is 16.6. The summed E-state index contributed by atoms with van der Waals surface area (Å²) in [5.41, 5.74) is 1.06. The van der Waals surface area contributed by atoms with Crippen LogP contribution in [0.4, 0.5) is 0 Å². The molecule has 0 heterocycles. The molecule has 0 saturated heterocycles. The highest BCUT2D eigenvalue weighted by Crippen LogP contribution is 2.02. The maximum atomic E-state index is 9.20. The number of aliphatic hydroxyl groups is 1. The van der Waals surface area contributed by atoms with E-state index in [9.17, 15) is 5.11 Å². The van der Waals surface area contributed by atoms with Gasteiger partial charge in [-0.25, -0.2) is 0 Å². The molecule has 0 aliphatic heterocycles. The van der Waals surface area contributed by atoms with Crippen molar-refractivity contribution in [2.45, 2.75) is 13.2 Å². The summed E-state index contributed by atoms with van der Waals surface area (Å²) in [7, 11) is 0. The van der Waals surface area contributed by atoms with Crippen molar-refractivity contribution in [3.8, 4) is 0 Å². The molecule has 1 aromatic carbocycles. The molecule has 2 heteroatoms. The number of hydrogen-bond donors (Lipinski definition) is 1. The van der Waals surface area contributed by atoms with E-state index in [1.807, 2.05) is 43.3 Å². The summed E-state index contributed by atoms with van der Waals surface area (Å²) in [4.78, 5) is 0. The third kappa shape index (κ3) is 3.87. The van der Waals surface area contributed by atoms with E-state index in [0.29, 0.717) is 6.61 Å². The second kappa shape index (κ2) is 5.51. The van der Waals surface area contributed by atoms with Gasteiger partial charge in [0.2, 0.25) is 0 Å². The zero-order valence-electron chi connectivity index (χ0n) is 7.68. The Morgan fingerprint density at radius 2 is 2.08 bits per heavy atom. The topological polar surface area (TPSA) is 29.5 Å². The predicted octanol–water partition coefficient (Wildman–Crippen LogP) is 2.05. The maximum absolute atomic E-state index is 9.20. The molecule has 0 fully saturated rings. The van der Waals surface area contributed by atoms with Gasteiger partial charge in [0.05, 0.1) is 0 Å². The molecular formula is C11H14O2. The third-order valence-corrected chi connectivity index (χ3v) is 1.59. The minimum atomic E-state index is -0.801. The van der Waals surface area contributed by atoms with Gasteiger partial charge in [0, 0.05) is 6.61 Å². The molecule has 0 aliphatic carbocycles. The second-order valence-electron chi connectivity index (χ2n) is 2.62. The third-order valence-electron chi connectivity index (χ3n) is 1.59. The van der Waals surface area contributed by atoms with Crippen molar-refractivity contribution in [1.29, 1.82) is 0 Å². The lowest BCUT2D eigenvalue weighted by Crippen LogP contribution is -2.06. The first-order chi connectivity index (χ1) is 6.33. The van der Waals surface area contributed by atoms with Crippen LogP contribution in [0.1, 0.15) is 12.5 Å². The number of ether oxygens (including phenoxy) is 1. The van der Waals surface area contributed by atoms with Crippen molar-refractivity contribution in [3.05, 3.63) is 42.0 Å². The van der Waals surface area contributed by atoms with Crippen molar-refractivity contribution in [2.75, 3.05) is 6.61 Å². The van der Waals surface area contributed by atoms with E-state index < -0.39 is 6.29 Å². The molecule has 0 spiro atoms. The molecule has 1 atom stereocenters. The first-order valence-electron chi connectivity index (χ1n) is 4.36. The first kappa shape index (κ1) is 9.96. The Morgan fingerprint density at radius 3 is 2.69 bits per heavy atom. The Bertz CT molecular complexity index is 254. The fourth-order valence-corrected chi connectivity index (χ4v) is 0.984. The van der Waals surface area contributed by atoms with Crippen molar-refractivity contribution >= 4 is 6.08 Å². The van der Waals surface area contributed by atoms with Gasteiger partial charge < -0.3 is 9.84 Å². The smallest absolute Gasteiger partial charge is 0.174 e. The normalized spacial score (nSPS) is 13.4. The lowest BCUT2D eigenvalue weighted by atomic mass is 10.2. The van der Waals surface area contributed by atoms with E-state index in [4.69, 9.17) is 4.74 Å². The van der Waals surface area contributed by atoms with Crippen molar-refractivity contribution in [2.24, 2.45) is 0 Å². The predicted molar refractivity (Wildman–Crippen MR) is 53.1 cm³/mol. The Kier molecular flexibility index (Phi) is 4.23. The van der Waals surface area contributed by atoms with Crippen molar-refractivity contribution in [3.63, 3.8) is 0 Å². The van der Waals surface area contributed by atoms with E-state index in [-0.39, 0.29) is 0 Å². The van der Waals surface area contributed by atoms with Gasteiger partial charge in [-0.15, -0.1) is 0 Å². The van der Waals surface area contributed by atoms with E-state index in [0.717, 1.165) is 5.56 Å². The number of rotatable bonds is 4. The lowest BCUT2D eigenvalue weighted by Gasteiger charge is -2.03. The van der Waals surface area contributed by atoms with Gasteiger partial charge in [0.25, 0.3) is 0 Å². The highest BCUT2D eigenvalue weighted by Gasteiger charge is 1.94. The van der Waals surface area contributed by atoms with Gasteiger partial charge in [-0.3, -0.25) is 0 Å². The standard InChI is InChI=1S/C11H14O2/c1-2-13-11(12)9-8-10-6-4-3-5-7-10/h3-9,11-12H,2H2,1H3. The van der Waals surface area contributed by atoms with Crippen LogP contribution < -0.4 is 0 Å². The summed E-state index contributed by atoms with van der Waals surface area (Å²) in [5, 5.41) is 9.20. The summed E-state index contributed by atoms with van der Waals surface area (Å²) >= 11 is 0. The molecule has 1 rings (SSSR count). The van der Waals surface area contributed by atoms with E-state index >= 15 is 0 Å². The second-order valence-corrected chi connectivity index (χ2v) is 2.62. The first-order valence-corrected chi connectivity index (χ1v) is 4.36. The molecule has 13 heavy (non-hydrogen) atoms. The molecule has 1 N–H and O–H groups in total. The van der Waals surface area contributed by atoms with Crippen LogP contribution in [0.2, 0.25) is 0 Å². The van der Waals surface area contributed by atoms with Crippen LogP contribution in [0, 0.1) is 0 Å². The number of hydrogen-bond acceptors (Lipinski definition) is 2. The Morgan fingerprint density at radius 1 is 1.38 bits per heavy atom. The van der Waals surface area contributed by atoms with E-state index in [1.165, 1.54) is 0 Å². The van der Waals surface area contributed by atoms with Gasteiger partial charge in [0.15, 0.2) is 6.29 Å². The fourth-order valence-electron chi connectivity index (χ4n) is 0.984. The minimum absolute atomic E-state index is 0.514. The summed E-state index contributed by atoms with van der Waals surface area (Å²) in [6.07, 6.45) is 2.66. The average molecular weight is 178 g/mol. The van der Waals surface area contributed by atoms with E-state index in [2.05, 4.69) is 0 Å². The monoisotopic (exact) mass is 178 g/mol. The molecule has 0 amide bonds. The van der Waals surface area contributed by atoms with Crippen molar-refractivity contribution in [1.82, 2.24) is 0 Å². The molecule has 0 saturated carbocycles. The molecular weight excluding hydrogens is 164 g/mol. The zero-order chi connectivity index (χ0) is 9.52. The molecule has 2 nitrogen and oxygen atoms in total. The molecule has 0 aromatic heterocycles. The summed E-state index contributed by atoms with van der Waals surface area (Å²) < 4.78 is 4.93. The van der Waals surface area contributed by atoms with Crippen LogP contribution in [0.15, 0.2) is 36.4 Å². The van der Waals surface area contributed by atoms with Gasteiger partial charge in [-0.05, 0) is 18.6 Å². The Balaban J connectivity index is 2.49. The Labute approximate surface area is 78.5 Å². The highest BCUT2D eigenvalue weighted by molar-refractivity contribution is 5.48. The largest absolute Gasteiger partial charge is 0.365 e. The molecule has 70 valence electrons. The summed E-state index contributed by atoms with van der Waals surface area (Å²) in [6.45, 7) is 2.36. The van der Waals surface area contributed by atoms with Crippen LogP contribution in [0.25, 0.3) is 6.08 Å². The average Bonchev–Trinajstić information content (AvgIpc) is 2.17. The minimum Gasteiger partial charge on any atom is -0.365 e. The summed E-state index contributed by atoms with van der Waals surface area (Å²) in [5.74, 6) is 0. The molecule has 0 bridgehead atoms. The van der Waals surface area contributed by atoms with Crippen molar-refractivity contribution < 1.29 is 9.84 Å². The van der Waals surface area contributed by atoms with Crippen LogP contribution in [0.3, 0.4) is 0 Å². The van der Waals surface area contributed by atoms with Crippen LogP contribution in [-0.4, -0.2) is 18.0 Å². The van der Waals surface area contributed by atoms with Crippen LogP contribution in [-0.2, 0) is 4.74 Å². The van der Waals surface area contributed by atoms with Gasteiger partial charge >= 0.3 is 0 Å². The number of benzene rings is 1. The zero-order valence-corrected chi connectivity index (χ0v) is 7.68. The quantitative estimate of drug-likeness (QED) is 0.715.